The second-order valence-electron chi connectivity index (χ2n) is 5.63. The summed E-state index contributed by atoms with van der Waals surface area (Å²) >= 11 is 18.8. The Labute approximate surface area is 166 Å². The van der Waals surface area contributed by atoms with E-state index >= 15 is 0 Å². The number of hydrogen-bond donors (Lipinski definition) is 1. The lowest BCUT2D eigenvalue weighted by Crippen LogP contribution is -2.01. The molecule has 2 nitrogen and oxygen atoms in total. The normalized spacial score (nSPS) is 10.6. The Hall–Kier alpha value is -1.94. The molecule has 26 heavy (non-hydrogen) atoms. The van der Waals surface area contributed by atoms with Crippen LogP contribution in [0.2, 0.25) is 15.1 Å². The Morgan fingerprint density at radius 1 is 0.846 bits per heavy atom. The number of rotatable bonds is 6. The molecular weight excluding hydrogens is 396 g/mol. The number of halogens is 4. The van der Waals surface area contributed by atoms with Crippen molar-refractivity contribution in [3.63, 3.8) is 0 Å². The highest BCUT2D eigenvalue weighted by atomic mass is 35.5. The summed E-state index contributed by atoms with van der Waals surface area (Å²) in [6, 6.07) is 17.1. The lowest BCUT2D eigenvalue weighted by Gasteiger charge is -2.13. The predicted molar refractivity (Wildman–Crippen MR) is 106 cm³/mol. The number of benzene rings is 3. The zero-order chi connectivity index (χ0) is 18.5. The van der Waals surface area contributed by atoms with Crippen molar-refractivity contribution >= 4 is 40.5 Å². The summed E-state index contributed by atoms with van der Waals surface area (Å²) in [6.45, 7) is 0.766. The summed E-state index contributed by atoms with van der Waals surface area (Å²) in [7, 11) is 0. The van der Waals surface area contributed by atoms with Crippen molar-refractivity contribution in [2.24, 2.45) is 0 Å². The van der Waals surface area contributed by atoms with Crippen LogP contribution in [0.15, 0.2) is 60.7 Å². The molecule has 0 amide bonds. The van der Waals surface area contributed by atoms with E-state index in [2.05, 4.69) is 5.32 Å². The van der Waals surface area contributed by atoms with Gasteiger partial charge < -0.3 is 10.1 Å². The first-order chi connectivity index (χ1) is 12.5. The van der Waals surface area contributed by atoms with Crippen molar-refractivity contribution in [3.05, 3.63) is 92.7 Å². The molecule has 0 fully saturated rings. The molecule has 0 radical (unpaired) electrons. The Morgan fingerprint density at radius 3 is 2.15 bits per heavy atom. The molecule has 0 aromatic heterocycles. The van der Waals surface area contributed by atoms with Crippen LogP contribution < -0.4 is 10.1 Å². The van der Waals surface area contributed by atoms with Crippen molar-refractivity contribution in [3.8, 4) is 5.75 Å². The maximum atomic E-state index is 12.9. The van der Waals surface area contributed by atoms with Crippen molar-refractivity contribution in [1.82, 2.24) is 0 Å². The first-order valence-corrected chi connectivity index (χ1v) is 9.00. The van der Waals surface area contributed by atoms with Crippen LogP contribution in [0, 0.1) is 5.82 Å². The fraction of sp³-hybridized carbons (Fsp3) is 0.100. The van der Waals surface area contributed by atoms with Gasteiger partial charge in [-0.1, -0.05) is 53.0 Å². The van der Waals surface area contributed by atoms with E-state index in [1.54, 1.807) is 30.3 Å². The van der Waals surface area contributed by atoms with Crippen LogP contribution >= 0.6 is 34.8 Å². The summed E-state index contributed by atoms with van der Waals surface area (Å²) in [5, 5.41) is 4.64. The van der Waals surface area contributed by atoms with E-state index in [-0.39, 0.29) is 12.4 Å². The van der Waals surface area contributed by atoms with Gasteiger partial charge in [-0.05, 0) is 48.0 Å². The molecule has 0 saturated heterocycles. The summed E-state index contributed by atoms with van der Waals surface area (Å²) in [5.74, 6) is 0.139. The maximum Gasteiger partial charge on any atom is 0.156 e. The lowest BCUT2D eigenvalue weighted by molar-refractivity contribution is 0.306. The van der Waals surface area contributed by atoms with E-state index in [1.807, 2.05) is 18.2 Å². The standard InChI is InChI=1S/C20H15Cl3FNO/c21-17-4-2-1-3-14(17)12-26-20-18(22)9-13(10-19(20)23)11-25-16-7-5-15(24)6-8-16/h1-10,25H,11-12H2. The van der Waals surface area contributed by atoms with Gasteiger partial charge in [-0.25, -0.2) is 4.39 Å². The molecular formula is C20H15Cl3FNO. The Bertz CT molecular complexity index is 877. The van der Waals surface area contributed by atoms with E-state index in [4.69, 9.17) is 39.5 Å². The number of hydrogen-bond acceptors (Lipinski definition) is 2. The van der Waals surface area contributed by atoms with Gasteiger partial charge in [0, 0.05) is 22.8 Å². The molecule has 0 atom stereocenters. The average Bonchev–Trinajstić information content (AvgIpc) is 2.62. The average molecular weight is 411 g/mol. The summed E-state index contributed by atoms with van der Waals surface area (Å²) in [5.41, 5.74) is 2.54. The SMILES string of the molecule is Fc1ccc(NCc2cc(Cl)c(OCc3ccccc3Cl)c(Cl)c2)cc1. The zero-order valence-corrected chi connectivity index (χ0v) is 15.9. The molecule has 3 rings (SSSR count). The third kappa shape index (κ3) is 4.82. The first kappa shape index (κ1) is 18.8. The van der Waals surface area contributed by atoms with Crippen molar-refractivity contribution in [2.45, 2.75) is 13.2 Å². The van der Waals surface area contributed by atoms with Crippen LogP contribution in [0.4, 0.5) is 10.1 Å². The van der Waals surface area contributed by atoms with E-state index in [0.717, 1.165) is 16.8 Å². The third-order valence-electron chi connectivity index (χ3n) is 3.73. The highest BCUT2D eigenvalue weighted by molar-refractivity contribution is 6.37. The molecule has 3 aromatic rings. The second-order valence-corrected chi connectivity index (χ2v) is 6.85. The minimum atomic E-state index is -0.276. The van der Waals surface area contributed by atoms with Gasteiger partial charge in [0.05, 0.1) is 10.0 Å². The predicted octanol–water partition coefficient (Wildman–Crippen LogP) is 6.98. The van der Waals surface area contributed by atoms with Crippen molar-refractivity contribution in [2.75, 3.05) is 5.32 Å². The van der Waals surface area contributed by atoms with E-state index < -0.39 is 0 Å². The van der Waals surface area contributed by atoms with Gasteiger partial charge in [0.15, 0.2) is 5.75 Å². The molecule has 0 unspecified atom stereocenters. The monoisotopic (exact) mass is 409 g/mol. The highest BCUT2D eigenvalue weighted by Gasteiger charge is 2.11. The zero-order valence-electron chi connectivity index (χ0n) is 13.6. The Kier molecular flexibility index (Phi) is 6.25. The Balaban J connectivity index is 1.67. The molecule has 0 bridgehead atoms. The minimum Gasteiger partial charge on any atom is -0.486 e. The molecule has 1 N–H and O–H groups in total. The summed E-state index contributed by atoms with van der Waals surface area (Å²) in [6.07, 6.45) is 0. The number of ether oxygens (including phenoxy) is 1. The second kappa shape index (κ2) is 8.63. The largest absolute Gasteiger partial charge is 0.486 e. The third-order valence-corrected chi connectivity index (χ3v) is 4.66. The molecule has 0 aliphatic rings. The number of anilines is 1. The van der Waals surface area contributed by atoms with Gasteiger partial charge >= 0.3 is 0 Å². The summed E-state index contributed by atoms with van der Waals surface area (Å²) in [4.78, 5) is 0. The molecule has 0 spiro atoms. The van der Waals surface area contributed by atoms with E-state index in [1.165, 1.54) is 12.1 Å². The van der Waals surface area contributed by atoms with Gasteiger partial charge in [-0.15, -0.1) is 0 Å². The van der Waals surface area contributed by atoms with Crippen LogP contribution in [0.25, 0.3) is 0 Å². The topological polar surface area (TPSA) is 21.3 Å². The quantitative estimate of drug-likeness (QED) is 0.473. The van der Waals surface area contributed by atoms with Crippen LogP contribution in [0.3, 0.4) is 0 Å². The molecule has 134 valence electrons. The molecule has 3 aromatic carbocycles. The van der Waals surface area contributed by atoms with Gasteiger partial charge in [0.2, 0.25) is 0 Å². The molecule has 0 heterocycles. The van der Waals surface area contributed by atoms with Gasteiger partial charge in [-0.3, -0.25) is 0 Å². The van der Waals surface area contributed by atoms with Gasteiger partial charge in [0.1, 0.15) is 12.4 Å². The van der Waals surface area contributed by atoms with Gasteiger partial charge in [-0.2, -0.15) is 0 Å². The van der Waals surface area contributed by atoms with Crippen LogP contribution in [0.1, 0.15) is 11.1 Å². The summed E-state index contributed by atoms with van der Waals surface area (Å²) < 4.78 is 18.7. The first-order valence-electron chi connectivity index (χ1n) is 7.86. The van der Waals surface area contributed by atoms with Crippen molar-refractivity contribution in [1.29, 1.82) is 0 Å². The molecule has 0 saturated carbocycles. The smallest absolute Gasteiger partial charge is 0.156 e. The van der Waals surface area contributed by atoms with E-state index in [0.29, 0.717) is 27.4 Å². The highest BCUT2D eigenvalue weighted by Crippen LogP contribution is 2.35. The number of nitrogens with one attached hydrogen (secondary N) is 1. The van der Waals surface area contributed by atoms with Crippen LogP contribution in [0.5, 0.6) is 5.75 Å². The van der Waals surface area contributed by atoms with Crippen molar-refractivity contribution < 1.29 is 9.13 Å². The van der Waals surface area contributed by atoms with Gasteiger partial charge in [0.25, 0.3) is 0 Å². The molecule has 6 heteroatoms. The lowest BCUT2D eigenvalue weighted by atomic mass is 10.2. The minimum absolute atomic E-state index is 0.270. The fourth-order valence-electron chi connectivity index (χ4n) is 2.39. The maximum absolute atomic E-state index is 12.9. The van der Waals surface area contributed by atoms with Crippen LogP contribution in [-0.4, -0.2) is 0 Å². The fourth-order valence-corrected chi connectivity index (χ4v) is 3.22. The van der Waals surface area contributed by atoms with Crippen LogP contribution in [-0.2, 0) is 13.2 Å². The van der Waals surface area contributed by atoms with E-state index in [9.17, 15) is 4.39 Å². The molecule has 0 aliphatic heterocycles. The Morgan fingerprint density at radius 2 is 1.50 bits per heavy atom. The molecule has 0 aliphatic carbocycles.